The van der Waals surface area contributed by atoms with E-state index in [1.807, 2.05) is 24.3 Å². The lowest BCUT2D eigenvalue weighted by Gasteiger charge is -2.27. The average Bonchev–Trinajstić information content (AvgIpc) is 2.58. The van der Waals surface area contributed by atoms with Crippen molar-refractivity contribution >= 4 is 11.6 Å². The van der Waals surface area contributed by atoms with Crippen LogP contribution in [0, 0.1) is 0 Å². The number of benzene rings is 2. The minimum atomic E-state index is 0.664. The molecule has 1 saturated heterocycles. The lowest BCUT2D eigenvalue weighted by atomic mass is 10.1. The Balaban J connectivity index is 1.45. The molecule has 0 spiro atoms. The summed E-state index contributed by atoms with van der Waals surface area (Å²) in [5.41, 5.74) is 2.68. The van der Waals surface area contributed by atoms with E-state index in [1.165, 1.54) is 11.1 Å². The number of rotatable bonds is 6. The highest BCUT2D eigenvalue weighted by Gasteiger charge is 2.09. The Morgan fingerprint density at radius 1 is 1.00 bits per heavy atom. The van der Waals surface area contributed by atoms with Gasteiger partial charge in [0.25, 0.3) is 0 Å². The smallest absolute Gasteiger partial charge is 0.120 e. The monoisotopic (exact) mass is 330 g/mol. The molecule has 1 fully saturated rings. The number of piperazine rings is 1. The molecular formula is C19H23ClN2O. The van der Waals surface area contributed by atoms with Gasteiger partial charge in [0.2, 0.25) is 0 Å². The summed E-state index contributed by atoms with van der Waals surface area (Å²) in [7, 11) is 0. The van der Waals surface area contributed by atoms with E-state index in [2.05, 4.69) is 34.5 Å². The molecule has 1 heterocycles. The molecule has 0 aromatic heterocycles. The molecule has 1 aliphatic heterocycles. The zero-order valence-electron chi connectivity index (χ0n) is 13.3. The van der Waals surface area contributed by atoms with E-state index < -0.39 is 0 Å². The van der Waals surface area contributed by atoms with Gasteiger partial charge in [-0.3, -0.25) is 4.90 Å². The van der Waals surface area contributed by atoms with Gasteiger partial charge in [-0.15, -0.1) is 0 Å². The SMILES string of the molecule is Clc1cccc(OCCc2ccc(CN3CCNCC3)cc2)c1. The summed E-state index contributed by atoms with van der Waals surface area (Å²) >= 11 is 5.95. The zero-order valence-corrected chi connectivity index (χ0v) is 14.1. The van der Waals surface area contributed by atoms with Gasteiger partial charge in [0, 0.05) is 44.2 Å². The van der Waals surface area contributed by atoms with Crippen LogP contribution in [0.2, 0.25) is 5.02 Å². The van der Waals surface area contributed by atoms with Crippen molar-refractivity contribution in [2.75, 3.05) is 32.8 Å². The fourth-order valence-corrected chi connectivity index (χ4v) is 2.96. The van der Waals surface area contributed by atoms with Crippen molar-refractivity contribution in [2.45, 2.75) is 13.0 Å². The molecule has 1 N–H and O–H groups in total. The van der Waals surface area contributed by atoms with E-state index in [4.69, 9.17) is 16.3 Å². The Morgan fingerprint density at radius 3 is 2.48 bits per heavy atom. The van der Waals surface area contributed by atoms with E-state index in [1.54, 1.807) is 0 Å². The summed E-state index contributed by atoms with van der Waals surface area (Å²) in [6.45, 7) is 6.17. The number of ether oxygens (including phenoxy) is 1. The summed E-state index contributed by atoms with van der Waals surface area (Å²) in [5.74, 6) is 0.827. The molecule has 23 heavy (non-hydrogen) atoms. The molecule has 0 aliphatic carbocycles. The normalized spacial score (nSPS) is 15.5. The fourth-order valence-electron chi connectivity index (χ4n) is 2.78. The predicted octanol–water partition coefficient (Wildman–Crippen LogP) is 3.37. The molecule has 0 atom stereocenters. The second-order valence-corrected chi connectivity index (χ2v) is 6.33. The van der Waals surface area contributed by atoms with Crippen molar-refractivity contribution in [1.82, 2.24) is 10.2 Å². The van der Waals surface area contributed by atoms with Crippen LogP contribution in [0.5, 0.6) is 5.75 Å². The third kappa shape index (κ3) is 5.24. The summed E-state index contributed by atoms with van der Waals surface area (Å²) < 4.78 is 5.74. The van der Waals surface area contributed by atoms with E-state index in [0.29, 0.717) is 11.6 Å². The van der Waals surface area contributed by atoms with Crippen LogP contribution < -0.4 is 10.1 Å². The largest absolute Gasteiger partial charge is 0.493 e. The molecule has 1 aliphatic rings. The highest BCUT2D eigenvalue weighted by atomic mass is 35.5. The van der Waals surface area contributed by atoms with Crippen LogP contribution in [0.4, 0.5) is 0 Å². The van der Waals surface area contributed by atoms with E-state index >= 15 is 0 Å². The van der Waals surface area contributed by atoms with Gasteiger partial charge in [-0.2, -0.15) is 0 Å². The first kappa shape index (κ1) is 16.3. The van der Waals surface area contributed by atoms with E-state index in [0.717, 1.165) is 44.9 Å². The number of nitrogens with zero attached hydrogens (tertiary/aromatic N) is 1. The number of halogens is 1. The van der Waals surface area contributed by atoms with Crippen LogP contribution in [0.3, 0.4) is 0 Å². The van der Waals surface area contributed by atoms with Gasteiger partial charge in [0.1, 0.15) is 5.75 Å². The van der Waals surface area contributed by atoms with Crippen LogP contribution in [0.25, 0.3) is 0 Å². The Labute approximate surface area is 143 Å². The highest BCUT2D eigenvalue weighted by molar-refractivity contribution is 6.30. The Hall–Kier alpha value is -1.55. The summed E-state index contributed by atoms with van der Waals surface area (Å²) in [5, 5.41) is 4.09. The summed E-state index contributed by atoms with van der Waals surface area (Å²) in [6.07, 6.45) is 0.903. The lowest BCUT2D eigenvalue weighted by molar-refractivity contribution is 0.233. The van der Waals surface area contributed by atoms with Gasteiger partial charge in [-0.05, 0) is 29.3 Å². The lowest BCUT2D eigenvalue weighted by Crippen LogP contribution is -2.42. The summed E-state index contributed by atoms with van der Waals surface area (Å²) in [6, 6.07) is 16.4. The van der Waals surface area contributed by atoms with Crippen molar-refractivity contribution in [3.8, 4) is 5.75 Å². The molecule has 3 rings (SSSR count). The van der Waals surface area contributed by atoms with Gasteiger partial charge in [-0.25, -0.2) is 0 Å². The van der Waals surface area contributed by atoms with E-state index in [-0.39, 0.29) is 0 Å². The maximum absolute atomic E-state index is 5.95. The molecule has 0 bridgehead atoms. The van der Waals surface area contributed by atoms with Gasteiger partial charge in [0.05, 0.1) is 6.61 Å². The fraction of sp³-hybridized carbons (Fsp3) is 0.368. The van der Waals surface area contributed by atoms with Crippen molar-refractivity contribution in [3.05, 3.63) is 64.7 Å². The van der Waals surface area contributed by atoms with Crippen molar-refractivity contribution < 1.29 is 4.74 Å². The van der Waals surface area contributed by atoms with Crippen LogP contribution in [0.1, 0.15) is 11.1 Å². The predicted molar refractivity (Wildman–Crippen MR) is 95.2 cm³/mol. The Kier molecular flexibility index (Phi) is 5.92. The van der Waals surface area contributed by atoms with Crippen molar-refractivity contribution in [2.24, 2.45) is 0 Å². The first-order valence-electron chi connectivity index (χ1n) is 8.19. The van der Waals surface area contributed by atoms with Crippen LogP contribution in [-0.4, -0.2) is 37.7 Å². The third-order valence-corrected chi connectivity index (χ3v) is 4.33. The maximum Gasteiger partial charge on any atom is 0.120 e. The first-order chi connectivity index (χ1) is 11.3. The van der Waals surface area contributed by atoms with Crippen LogP contribution in [0.15, 0.2) is 48.5 Å². The van der Waals surface area contributed by atoms with Crippen LogP contribution >= 0.6 is 11.6 Å². The molecule has 0 radical (unpaired) electrons. The van der Waals surface area contributed by atoms with Gasteiger partial charge in [0.15, 0.2) is 0 Å². The molecule has 4 heteroatoms. The molecule has 0 saturated carbocycles. The minimum Gasteiger partial charge on any atom is -0.493 e. The molecular weight excluding hydrogens is 308 g/mol. The van der Waals surface area contributed by atoms with Crippen molar-refractivity contribution in [1.29, 1.82) is 0 Å². The number of hydrogen-bond acceptors (Lipinski definition) is 3. The second-order valence-electron chi connectivity index (χ2n) is 5.90. The Morgan fingerprint density at radius 2 is 1.74 bits per heavy atom. The number of nitrogens with one attached hydrogen (secondary N) is 1. The van der Waals surface area contributed by atoms with Gasteiger partial charge >= 0.3 is 0 Å². The maximum atomic E-state index is 5.95. The Bertz CT molecular complexity index is 609. The standard InChI is InChI=1S/C19H23ClN2O/c20-18-2-1-3-19(14-18)23-13-8-16-4-6-17(7-5-16)15-22-11-9-21-10-12-22/h1-7,14,21H,8-13,15H2. The topological polar surface area (TPSA) is 24.5 Å². The number of hydrogen-bond donors (Lipinski definition) is 1. The zero-order chi connectivity index (χ0) is 15.9. The third-order valence-electron chi connectivity index (χ3n) is 4.09. The van der Waals surface area contributed by atoms with Gasteiger partial charge in [-0.1, -0.05) is 41.9 Å². The molecule has 3 nitrogen and oxygen atoms in total. The average molecular weight is 331 g/mol. The molecule has 2 aromatic rings. The molecule has 122 valence electrons. The first-order valence-corrected chi connectivity index (χ1v) is 8.57. The quantitative estimate of drug-likeness (QED) is 0.879. The van der Waals surface area contributed by atoms with Crippen LogP contribution in [-0.2, 0) is 13.0 Å². The van der Waals surface area contributed by atoms with Crippen molar-refractivity contribution in [3.63, 3.8) is 0 Å². The minimum absolute atomic E-state index is 0.664. The second kappa shape index (κ2) is 8.34. The molecule has 0 amide bonds. The molecule has 2 aromatic carbocycles. The van der Waals surface area contributed by atoms with Gasteiger partial charge < -0.3 is 10.1 Å². The highest BCUT2D eigenvalue weighted by Crippen LogP contribution is 2.17. The summed E-state index contributed by atoms with van der Waals surface area (Å²) in [4.78, 5) is 2.49. The molecule has 0 unspecified atom stereocenters. The van der Waals surface area contributed by atoms with E-state index in [9.17, 15) is 0 Å².